The van der Waals surface area contributed by atoms with Crippen molar-refractivity contribution in [3.8, 4) is 5.69 Å². The van der Waals surface area contributed by atoms with E-state index in [4.69, 9.17) is 9.15 Å². The van der Waals surface area contributed by atoms with E-state index in [1.165, 1.54) is 43.5 Å². The fourth-order valence-corrected chi connectivity index (χ4v) is 2.53. The Kier molecular flexibility index (Phi) is 5.46. The van der Waals surface area contributed by atoms with Crippen molar-refractivity contribution >= 4 is 5.91 Å². The third kappa shape index (κ3) is 4.29. The highest BCUT2D eigenvalue weighted by Crippen LogP contribution is 2.17. The number of halogens is 1. The Balaban J connectivity index is 1.86. The first-order chi connectivity index (χ1) is 13.0. The van der Waals surface area contributed by atoms with Crippen LogP contribution in [0, 0.1) is 12.7 Å². The maximum absolute atomic E-state index is 13.1. The fraction of sp³-hybridized carbons (Fsp3) is 0.211. The van der Waals surface area contributed by atoms with Crippen LogP contribution in [0.3, 0.4) is 0 Å². The molecule has 2 aromatic heterocycles. The van der Waals surface area contributed by atoms with Crippen LogP contribution in [0.25, 0.3) is 5.69 Å². The highest BCUT2D eigenvalue weighted by Gasteiger charge is 2.20. The van der Waals surface area contributed by atoms with Gasteiger partial charge in [0.25, 0.3) is 11.5 Å². The molecule has 0 saturated heterocycles. The standard InChI is InChI=1S/C19H18FN3O4/c1-12-3-9-17(27-12)16(11-26-2)21-19(25)15-8-10-18(24)23(22-15)14-6-4-13(20)5-7-14/h3-10,16H,11H2,1-2H3,(H,21,25). The molecular formula is C19H18FN3O4. The number of amides is 1. The summed E-state index contributed by atoms with van der Waals surface area (Å²) in [7, 11) is 1.52. The largest absolute Gasteiger partial charge is 0.464 e. The summed E-state index contributed by atoms with van der Waals surface area (Å²) in [6.45, 7) is 2.01. The number of benzene rings is 1. The van der Waals surface area contributed by atoms with Gasteiger partial charge in [0.2, 0.25) is 0 Å². The Bertz CT molecular complexity index is 995. The third-order valence-electron chi connectivity index (χ3n) is 3.85. The molecule has 0 radical (unpaired) electrons. The fourth-order valence-electron chi connectivity index (χ4n) is 2.53. The lowest BCUT2D eigenvalue weighted by atomic mass is 10.2. The van der Waals surface area contributed by atoms with Gasteiger partial charge in [0.05, 0.1) is 12.3 Å². The zero-order valence-corrected chi connectivity index (χ0v) is 14.8. The summed E-state index contributed by atoms with van der Waals surface area (Å²) >= 11 is 0. The molecule has 7 nitrogen and oxygen atoms in total. The number of furan rings is 1. The van der Waals surface area contributed by atoms with Crippen LogP contribution in [0.5, 0.6) is 0 Å². The molecule has 0 spiro atoms. The lowest BCUT2D eigenvalue weighted by Gasteiger charge is -2.16. The molecule has 27 heavy (non-hydrogen) atoms. The van der Waals surface area contributed by atoms with E-state index in [2.05, 4.69) is 10.4 Å². The molecule has 0 aliphatic rings. The quantitative estimate of drug-likeness (QED) is 0.719. The van der Waals surface area contributed by atoms with Crippen molar-refractivity contribution in [3.05, 3.63) is 81.9 Å². The monoisotopic (exact) mass is 371 g/mol. The van der Waals surface area contributed by atoms with Crippen molar-refractivity contribution in [2.75, 3.05) is 13.7 Å². The number of aromatic nitrogens is 2. The first kappa shape index (κ1) is 18.5. The van der Waals surface area contributed by atoms with Gasteiger partial charge < -0.3 is 14.5 Å². The van der Waals surface area contributed by atoms with E-state index >= 15 is 0 Å². The first-order valence-electron chi connectivity index (χ1n) is 8.20. The summed E-state index contributed by atoms with van der Waals surface area (Å²) in [5, 5.41) is 6.86. The molecule has 0 aliphatic carbocycles. The highest BCUT2D eigenvalue weighted by molar-refractivity contribution is 5.92. The lowest BCUT2D eigenvalue weighted by Crippen LogP contribution is -2.33. The topological polar surface area (TPSA) is 86.4 Å². The molecule has 3 aromatic rings. The molecule has 140 valence electrons. The van der Waals surface area contributed by atoms with Crippen molar-refractivity contribution in [2.24, 2.45) is 0 Å². The number of carbonyl (C=O) groups excluding carboxylic acids is 1. The van der Waals surface area contributed by atoms with E-state index in [-0.39, 0.29) is 12.3 Å². The van der Waals surface area contributed by atoms with Crippen LogP contribution in [0.4, 0.5) is 4.39 Å². The average molecular weight is 371 g/mol. The molecule has 0 aliphatic heterocycles. The maximum atomic E-state index is 13.1. The van der Waals surface area contributed by atoms with Gasteiger partial charge in [-0.15, -0.1) is 0 Å². The summed E-state index contributed by atoms with van der Waals surface area (Å²) in [5.74, 6) is 0.330. The Morgan fingerprint density at radius 1 is 1.22 bits per heavy atom. The molecule has 8 heteroatoms. The smallest absolute Gasteiger partial charge is 0.272 e. The zero-order chi connectivity index (χ0) is 19.4. The van der Waals surface area contributed by atoms with Crippen molar-refractivity contribution in [3.63, 3.8) is 0 Å². The molecule has 1 amide bonds. The van der Waals surface area contributed by atoms with Crippen LogP contribution in [-0.4, -0.2) is 29.4 Å². The molecule has 0 saturated carbocycles. The Morgan fingerprint density at radius 2 is 1.96 bits per heavy atom. The van der Waals surface area contributed by atoms with Crippen molar-refractivity contribution in [2.45, 2.75) is 13.0 Å². The number of rotatable bonds is 6. The van der Waals surface area contributed by atoms with Crippen LogP contribution in [0.2, 0.25) is 0 Å². The number of nitrogens with zero attached hydrogens (tertiary/aromatic N) is 2. The molecule has 2 heterocycles. The van der Waals surface area contributed by atoms with E-state index in [9.17, 15) is 14.0 Å². The van der Waals surface area contributed by atoms with Crippen molar-refractivity contribution in [1.82, 2.24) is 15.1 Å². The second-order valence-corrected chi connectivity index (χ2v) is 5.87. The van der Waals surface area contributed by atoms with Crippen LogP contribution < -0.4 is 10.9 Å². The number of nitrogens with one attached hydrogen (secondary N) is 1. The molecule has 1 aromatic carbocycles. The van der Waals surface area contributed by atoms with Gasteiger partial charge in [0.1, 0.15) is 29.1 Å². The van der Waals surface area contributed by atoms with Crippen LogP contribution >= 0.6 is 0 Å². The average Bonchev–Trinajstić information content (AvgIpc) is 3.09. The number of ether oxygens (including phenoxy) is 1. The van der Waals surface area contributed by atoms with Crippen LogP contribution in [-0.2, 0) is 4.74 Å². The number of hydrogen-bond acceptors (Lipinski definition) is 5. The summed E-state index contributed by atoms with van der Waals surface area (Å²) in [6.07, 6.45) is 0. The predicted molar refractivity (Wildman–Crippen MR) is 95.3 cm³/mol. The predicted octanol–water partition coefficient (Wildman–Crippen LogP) is 2.39. The maximum Gasteiger partial charge on any atom is 0.272 e. The number of methoxy groups -OCH3 is 1. The summed E-state index contributed by atoms with van der Waals surface area (Å²) in [5.41, 5.74) is -0.0530. The minimum Gasteiger partial charge on any atom is -0.464 e. The number of aryl methyl sites for hydroxylation is 1. The number of hydrogen-bond donors (Lipinski definition) is 1. The normalized spacial score (nSPS) is 12.0. The van der Waals surface area contributed by atoms with Gasteiger partial charge >= 0.3 is 0 Å². The van der Waals surface area contributed by atoms with Gasteiger partial charge in [-0.2, -0.15) is 9.78 Å². The second-order valence-electron chi connectivity index (χ2n) is 5.87. The van der Waals surface area contributed by atoms with E-state index in [1.54, 1.807) is 19.1 Å². The van der Waals surface area contributed by atoms with Gasteiger partial charge in [-0.1, -0.05) is 0 Å². The minimum atomic E-state index is -0.510. The van der Waals surface area contributed by atoms with Crippen LogP contribution in [0.1, 0.15) is 28.1 Å². The molecule has 1 unspecified atom stereocenters. The molecule has 3 rings (SSSR count). The minimum absolute atomic E-state index is 0.0308. The van der Waals surface area contributed by atoms with Gasteiger partial charge in [-0.3, -0.25) is 9.59 Å². The van der Waals surface area contributed by atoms with Gasteiger partial charge in [-0.25, -0.2) is 4.39 Å². The Morgan fingerprint density at radius 3 is 2.59 bits per heavy atom. The molecule has 0 bridgehead atoms. The highest BCUT2D eigenvalue weighted by atomic mass is 19.1. The van der Waals surface area contributed by atoms with E-state index in [0.717, 1.165) is 4.68 Å². The van der Waals surface area contributed by atoms with E-state index in [1.807, 2.05) is 0 Å². The SMILES string of the molecule is COCC(NC(=O)c1ccc(=O)n(-c2ccc(F)cc2)n1)c1ccc(C)o1. The van der Waals surface area contributed by atoms with E-state index < -0.39 is 23.3 Å². The second kappa shape index (κ2) is 7.96. The third-order valence-corrected chi connectivity index (χ3v) is 3.85. The van der Waals surface area contributed by atoms with Gasteiger partial charge in [0.15, 0.2) is 0 Å². The molecular weight excluding hydrogens is 353 g/mol. The first-order valence-corrected chi connectivity index (χ1v) is 8.20. The Hall–Kier alpha value is -3.26. The molecule has 1 atom stereocenters. The van der Waals surface area contributed by atoms with Crippen LogP contribution in [0.15, 0.2) is 57.7 Å². The van der Waals surface area contributed by atoms with Gasteiger partial charge in [-0.05, 0) is 49.4 Å². The summed E-state index contributed by atoms with van der Waals surface area (Å²) < 4.78 is 24.8. The lowest BCUT2D eigenvalue weighted by molar-refractivity contribution is 0.0875. The van der Waals surface area contributed by atoms with E-state index in [0.29, 0.717) is 17.2 Å². The Labute approximate surface area is 154 Å². The summed E-state index contributed by atoms with van der Waals surface area (Å²) in [6, 6.07) is 10.8. The zero-order valence-electron chi connectivity index (χ0n) is 14.8. The van der Waals surface area contributed by atoms with Crippen molar-refractivity contribution in [1.29, 1.82) is 0 Å². The molecule has 1 N–H and O–H groups in total. The molecule has 0 fully saturated rings. The summed E-state index contributed by atoms with van der Waals surface area (Å²) in [4.78, 5) is 24.7. The van der Waals surface area contributed by atoms with Gasteiger partial charge in [0, 0.05) is 13.2 Å². The number of carbonyl (C=O) groups is 1. The van der Waals surface area contributed by atoms with Crippen molar-refractivity contribution < 1.29 is 18.3 Å².